The van der Waals surface area contributed by atoms with Crippen LogP contribution in [0.15, 0.2) is 30.3 Å². The average Bonchev–Trinajstić information content (AvgIpc) is 2.39. The Hall–Kier alpha value is -2.05. The third-order valence-corrected chi connectivity index (χ3v) is 2.77. The summed E-state index contributed by atoms with van der Waals surface area (Å²) in [6.07, 6.45) is 5.61. The van der Waals surface area contributed by atoms with Gasteiger partial charge in [-0.25, -0.2) is 4.98 Å². The third kappa shape index (κ3) is 2.61. The number of hydrogen-bond donors (Lipinski definition) is 1. The third-order valence-electron chi connectivity index (χ3n) is 2.48. The molecule has 0 saturated heterocycles. The number of pyridine rings is 1. The second kappa shape index (κ2) is 5.52. The fraction of sp³-hybridized carbons (Fsp3) is 0.143. The molecule has 4 heteroatoms. The van der Waals surface area contributed by atoms with Crippen molar-refractivity contribution in [1.82, 2.24) is 10.3 Å². The van der Waals surface area contributed by atoms with Gasteiger partial charge in [0.15, 0.2) is 0 Å². The number of nitrogens with zero attached hydrogens (tertiary/aromatic N) is 1. The highest BCUT2D eigenvalue weighted by Gasteiger charge is 2.10. The van der Waals surface area contributed by atoms with Crippen molar-refractivity contribution in [1.29, 1.82) is 0 Å². The maximum absolute atomic E-state index is 11.8. The highest BCUT2D eigenvalue weighted by molar-refractivity contribution is 6.34. The minimum absolute atomic E-state index is 0.266. The van der Waals surface area contributed by atoms with Crippen molar-refractivity contribution >= 4 is 28.3 Å². The standard InChI is InChI=1S/C14H11ClN2O/c1-2-3-8-16-14(18)12-9-10-6-4-5-7-11(10)13(15)17-12/h1,4-7,9H,3,8H2,(H,16,18). The predicted molar refractivity (Wildman–Crippen MR) is 72.5 cm³/mol. The SMILES string of the molecule is C#CCCNC(=O)c1cc2ccccc2c(Cl)n1. The Balaban J connectivity index is 2.29. The van der Waals surface area contributed by atoms with Crippen LogP contribution >= 0.6 is 11.6 Å². The van der Waals surface area contributed by atoms with E-state index < -0.39 is 0 Å². The first-order chi connectivity index (χ1) is 8.72. The fourth-order valence-corrected chi connectivity index (χ4v) is 1.87. The van der Waals surface area contributed by atoms with E-state index in [0.717, 1.165) is 10.8 Å². The van der Waals surface area contributed by atoms with Crippen LogP contribution in [0.2, 0.25) is 5.15 Å². The maximum atomic E-state index is 11.8. The molecule has 1 amide bonds. The summed E-state index contributed by atoms with van der Waals surface area (Å²) in [5.74, 6) is 2.19. The van der Waals surface area contributed by atoms with Crippen molar-refractivity contribution < 1.29 is 4.79 Å². The van der Waals surface area contributed by atoms with Gasteiger partial charge in [0, 0.05) is 18.4 Å². The number of hydrogen-bond acceptors (Lipinski definition) is 2. The highest BCUT2D eigenvalue weighted by atomic mass is 35.5. The minimum atomic E-state index is -0.266. The molecule has 0 saturated carbocycles. The summed E-state index contributed by atoms with van der Waals surface area (Å²) in [6.45, 7) is 0.432. The lowest BCUT2D eigenvalue weighted by atomic mass is 10.1. The van der Waals surface area contributed by atoms with E-state index in [9.17, 15) is 4.79 Å². The van der Waals surface area contributed by atoms with E-state index in [-0.39, 0.29) is 5.91 Å². The zero-order chi connectivity index (χ0) is 13.0. The van der Waals surface area contributed by atoms with Gasteiger partial charge < -0.3 is 5.32 Å². The quantitative estimate of drug-likeness (QED) is 0.522. The van der Waals surface area contributed by atoms with Crippen LogP contribution in [0.3, 0.4) is 0 Å². The van der Waals surface area contributed by atoms with E-state index in [1.165, 1.54) is 0 Å². The van der Waals surface area contributed by atoms with Crippen molar-refractivity contribution in [3.63, 3.8) is 0 Å². The topological polar surface area (TPSA) is 42.0 Å². The van der Waals surface area contributed by atoms with Crippen molar-refractivity contribution in [3.05, 3.63) is 41.2 Å². The Morgan fingerprint density at radius 1 is 1.44 bits per heavy atom. The average molecular weight is 259 g/mol. The number of terminal acetylenes is 1. The van der Waals surface area contributed by atoms with Crippen LogP contribution in [0, 0.1) is 12.3 Å². The Morgan fingerprint density at radius 3 is 3.00 bits per heavy atom. The fourth-order valence-electron chi connectivity index (χ4n) is 1.61. The Bertz CT molecular complexity index is 631. The number of halogens is 1. The highest BCUT2D eigenvalue weighted by Crippen LogP contribution is 2.22. The number of carbonyl (C=O) groups is 1. The first-order valence-electron chi connectivity index (χ1n) is 5.49. The first kappa shape index (κ1) is 12.4. The molecule has 3 nitrogen and oxygen atoms in total. The molecule has 0 unspecified atom stereocenters. The molecular weight excluding hydrogens is 248 g/mol. The number of carbonyl (C=O) groups excluding carboxylic acids is 1. The molecule has 90 valence electrons. The molecule has 2 aromatic rings. The Labute approximate surface area is 110 Å². The molecule has 0 aliphatic rings. The van der Waals surface area contributed by atoms with Crippen LogP contribution in [0.4, 0.5) is 0 Å². The molecule has 0 radical (unpaired) electrons. The second-order valence-corrected chi connectivity index (χ2v) is 4.09. The summed E-state index contributed by atoms with van der Waals surface area (Å²) in [5.41, 5.74) is 0.302. The van der Waals surface area contributed by atoms with E-state index in [1.807, 2.05) is 24.3 Å². The molecule has 0 bridgehead atoms. The predicted octanol–water partition coefficient (Wildman–Crippen LogP) is 2.64. The number of amides is 1. The van der Waals surface area contributed by atoms with Crippen molar-refractivity contribution in [2.24, 2.45) is 0 Å². The van der Waals surface area contributed by atoms with Gasteiger partial charge >= 0.3 is 0 Å². The van der Waals surface area contributed by atoms with Crippen molar-refractivity contribution in [2.45, 2.75) is 6.42 Å². The van der Waals surface area contributed by atoms with Gasteiger partial charge in [-0.3, -0.25) is 4.79 Å². The van der Waals surface area contributed by atoms with Gasteiger partial charge in [0.2, 0.25) is 0 Å². The second-order valence-electron chi connectivity index (χ2n) is 3.73. The van der Waals surface area contributed by atoms with E-state index in [2.05, 4.69) is 16.2 Å². The van der Waals surface area contributed by atoms with Crippen LogP contribution in [0.5, 0.6) is 0 Å². The van der Waals surface area contributed by atoms with Gasteiger partial charge in [0.1, 0.15) is 10.8 Å². The zero-order valence-electron chi connectivity index (χ0n) is 9.61. The van der Waals surface area contributed by atoms with Gasteiger partial charge in [-0.1, -0.05) is 35.9 Å². The number of fused-ring (bicyclic) bond motifs is 1. The summed E-state index contributed by atoms with van der Waals surface area (Å²) in [5, 5.41) is 4.74. The van der Waals surface area contributed by atoms with Gasteiger partial charge in [-0.2, -0.15) is 0 Å². The van der Waals surface area contributed by atoms with E-state index in [4.69, 9.17) is 18.0 Å². The summed E-state index contributed by atoms with van der Waals surface area (Å²) in [6, 6.07) is 9.24. The lowest BCUT2D eigenvalue weighted by Gasteiger charge is -2.05. The normalized spacial score (nSPS) is 10.0. The molecule has 0 fully saturated rings. The van der Waals surface area contributed by atoms with Crippen LogP contribution in [0.25, 0.3) is 10.8 Å². The smallest absolute Gasteiger partial charge is 0.269 e. The van der Waals surface area contributed by atoms with Gasteiger partial charge in [-0.05, 0) is 11.5 Å². The van der Waals surface area contributed by atoms with Gasteiger partial charge in [0.25, 0.3) is 5.91 Å². The minimum Gasteiger partial charge on any atom is -0.350 e. The Morgan fingerprint density at radius 2 is 2.22 bits per heavy atom. The van der Waals surface area contributed by atoms with E-state index >= 15 is 0 Å². The first-order valence-corrected chi connectivity index (χ1v) is 5.87. The monoisotopic (exact) mass is 258 g/mol. The molecule has 1 aromatic carbocycles. The number of nitrogens with one attached hydrogen (secondary N) is 1. The summed E-state index contributed by atoms with van der Waals surface area (Å²) in [7, 11) is 0. The number of rotatable bonds is 3. The summed E-state index contributed by atoms with van der Waals surface area (Å²) < 4.78 is 0. The molecule has 2 rings (SSSR count). The van der Waals surface area contributed by atoms with Gasteiger partial charge in [0.05, 0.1) is 0 Å². The summed E-state index contributed by atoms with van der Waals surface area (Å²) >= 11 is 6.04. The molecule has 18 heavy (non-hydrogen) atoms. The molecule has 0 atom stereocenters. The van der Waals surface area contributed by atoms with Crippen molar-refractivity contribution in [2.75, 3.05) is 6.54 Å². The molecule has 0 aliphatic carbocycles. The molecule has 1 heterocycles. The molecule has 1 N–H and O–H groups in total. The lowest BCUT2D eigenvalue weighted by molar-refractivity contribution is 0.0950. The molecular formula is C14H11ClN2O. The van der Waals surface area contributed by atoms with Crippen LogP contribution < -0.4 is 5.32 Å². The lowest BCUT2D eigenvalue weighted by Crippen LogP contribution is -2.25. The summed E-state index contributed by atoms with van der Waals surface area (Å²) in [4.78, 5) is 15.9. The van der Waals surface area contributed by atoms with Gasteiger partial charge in [-0.15, -0.1) is 12.3 Å². The number of benzene rings is 1. The van der Waals surface area contributed by atoms with E-state index in [0.29, 0.717) is 23.8 Å². The van der Waals surface area contributed by atoms with Crippen LogP contribution in [0.1, 0.15) is 16.9 Å². The van der Waals surface area contributed by atoms with Crippen LogP contribution in [-0.4, -0.2) is 17.4 Å². The maximum Gasteiger partial charge on any atom is 0.269 e. The zero-order valence-corrected chi connectivity index (χ0v) is 10.4. The molecule has 1 aromatic heterocycles. The Kier molecular flexibility index (Phi) is 3.81. The van der Waals surface area contributed by atoms with E-state index in [1.54, 1.807) is 6.07 Å². The number of aromatic nitrogens is 1. The molecule has 0 spiro atoms. The largest absolute Gasteiger partial charge is 0.350 e. The molecule has 0 aliphatic heterocycles. The van der Waals surface area contributed by atoms with Crippen LogP contribution in [-0.2, 0) is 0 Å². The van der Waals surface area contributed by atoms with Crippen molar-refractivity contribution in [3.8, 4) is 12.3 Å².